The summed E-state index contributed by atoms with van der Waals surface area (Å²) in [5.74, 6) is 0. The molecule has 6 heteroatoms. The number of hydrogen-bond acceptors (Lipinski definition) is 2. The van der Waals surface area contributed by atoms with Crippen LogP contribution < -0.4 is 5.32 Å². The van der Waals surface area contributed by atoms with Crippen molar-refractivity contribution in [1.82, 2.24) is 10.2 Å². The fraction of sp³-hybridized carbons (Fsp3) is 1.00. The van der Waals surface area contributed by atoms with E-state index in [1.54, 1.807) is 0 Å². The third kappa shape index (κ3) is 5.04. The zero-order chi connectivity index (χ0) is 10.8. The molecule has 15 heavy (non-hydrogen) atoms. The Bertz CT molecular complexity index is 177. The SMILES string of the molecule is C[C@@H]1CNC[C@H](C)N1CCC(F)(F)F.Cl. The Balaban J connectivity index is 0.00000196. The molecule has 0 aromatic carbocycles. The maximum atomic E-state index is 12.0. The molecular weight excluding hydrogens is 229 g/mol. The van der Waals surface area contributed by atoms with E-state index < -0.39 is 12.6 Å². The van der Waals surface area contributed by atoms with Crippen molar-refractivity contribution in [3.63, 3.8) is 0 Å². The van der Waals surface area contributed by atoms with E-state index in [2.05, 4.69) is 5.32 Å². The second-order valence-corrected chi connectivity index (χ2v) is 3.96. The van der Waals surface area contributed by atoms with Gasteiger partial charge in [0.2, 0.25) is 0 Å². The third-order valence-corrected chi connectivity index (χ3v) is 2.67. The molecule has 0 spiro atoms. The zero-order valence-corrected chi connectivity index (χ0v) is 9.79. The number of nitrogens with zero attached hydrogens (tertiary/aromatic N) is 1. The van der Waals surface area contributed by atoms with Crippen molar-refractivity contribution in [3.8, 4) is 0 Å². The average Bonchev–Trinajstić information content (AvgIpc) is 2.01. The molecule has 2 atom stereocenters. The number of hydrogen-bond donors (Lipinski definition) is 1. The van der Waals surface area contributed by atoms with Gasteiger partial charge in [-0.2, -0.15) is 13.2 Å². The molecule has 0 amide bonds. The molecule has 0 unspecified atom stereocenters. The van der Waals surface area contributed by atoms with Crippen LogP contribution >= 0.6 is 12.4 Å². The molecule has 0 saturated carbocycles. The van der Waals surface area contributed by atoms with Crippen LogP contribution in [0.4, 0.5) is 13.2 Å². The predicted octanol–water partition coefficient (Wildman–Crippen LogP) is 2.04. The standard InChI is InChI=1S/C9H17F3N2.ClH/c1-7-5-13-6-8(2)14(7)4-3-9(10,11)12;/h7-8,13H,3-6H2,1-2H3;1H/t7-,8+;. The Morgan fingerprint density at radius 3 is 2.07 bits per heavy atom. The Labute approximate surface area is 94.6 Å². The van der Waals surface area contributed by atoms with Crippen LogP contribution in [0.3, 0.4) is 0 Å². The Hall–Kier alpha value is -0.0000000000000000555. The number of rotatable bonds is 2. The molecule has 1 saturated heterocycles. The second kappa shape index (κ2) is 5.92. The minimum atomic E-state index is -4.04. The maximum Gasteiger partial charge on any atom is 0.390 e. The summed E-state index contributed by atoms with van der Waals surface area (Å²) in [6.07, 6.45) is -4.74. The van der Waals surface area contributed by atoms with Gasteiger partial charge >= 0.3 is 6.18 Å². The summed E-state index contributed by atoms with van der Waals surface area (Å²) in [4.78, 5) is 1.92. The van der Waals surface area contributed by atoms with Crippen LogP contribution in [0, 0.1) is 0 Å². The summed E-state index contributed by atoms with van der Waals surface area (Å²) >= 11 is 0. The maximum absolute atomic E-state index is 12.0. The molecule has 2 nitrogen and oxygen atoms in total. The molecule has 1 aliphatic rings. The van der Waals surface area contributed by atoms with Gasteiger partial charge in [0.15, 0.2) is 0 Å². The Kier molecular flexibility index (Phi) is 5.92. The van der Waals surface area contributed by atoms with E-state index >= 15 is 0 Å². The summed E-state index contributed by atoms with van der Waals surface area (Å²) in [6.45, 7) is 5.59. The number of alkyl halides is 3. The van der Waals surface area contributed by atoms with Gasteiger partial charge in [0.25, 0.3) is 0 Å². The number of halogens is 4. The molecule has 1 N–H and O–H groups in total. The Morgan fingerprint density at radius 2 is 1.67 bits per heavy atom. The smallest absolute Gasteiger partial charge is 0.314 e. The van der Waals surface area contributed by atoms with Crippen molar-refractivity contribution in [2.45, 2.75) is 38.5 Å². The summed E-state index contributed by atoms with van der Waals surface area (Å²) in [5, 5.41) is 3.19. The molecule has 0 aromatic heterocycles. The summed E-state index contributed by atoms with van der Waals surface area (Å²) < 4.78 is 36.1. The normalized spacial score (nSPS) is 28.6. The van der Waals surface area contributed by atoms with Crippen molar-refractivity contribution < 1.29 is 13.2 Å². The van der Waals surface area contributed by atoms with Crippen molar-refractivity contribution >= 4 is 12.4 Å². The quantitative estimate of drug-likeness (QED) is 0.802. The summed E-state index contributed by atoms with van der Waals surface area (Å²) in [7, 11) is 0. The van der Waals surface area contributed by atoms with E-state index in [0.717, 1.165) is 13.1 Å². The first-order valence-corrected chi connectivity index (χ1v) is 4.93. The molecule has 1 rings (SSSR count). The average molecular weight is 247 g/mol. The zero-order valence-electron chi connectivity index (χ0n) is 8.97. The van der Waals surface area contributed by atoms with Crippen molar-refractivity contribution in [1.29, 1.82) is 0 Å². The van der Waals surface area contributed by atoms with Crippen molar-refractivity contribution in [2.24, 2.45) is 0 Å². The van der Waals surface area contributed by atoms with E-state index in [0.29, 0.717) is 0 Å². The Morgan fingerprint density at radius 1 is 1.20 bits per heavy atom. The molecule has 92 valence electrons. The topological polar surface area (TPSA) is 15.3 Å². The number of piperazine rings is 1. The van der Waals surface area contributed by atoms with Gasteiger partial charge in [0, 0.05) is 31.7 Å². The van der Waals surface area contributed by atoms with Gasteiger partial charge in [-0.3, -0.25) is 4.90 Å². The molecule has 1 aliphatic heterocycles. The molecule has 1 heterocycles. The molecule has 0 aromatic rings. The molecule has 1 fully saturated rings. The molecular formula is C9H18ClF3N2. The van der Waals surface area contributed by atoms with Crippen molar-refractivity contribution in [2.75, 3.05) is 19.6 Å². The van der Waals surface area contributed by atoms with Crippen LogP contribution in [0.2, 0.25) is 0 Å². The van der Waals surface area contributed by atoms with Crippen LogP contribution in [0.25, 0.3) is 0 Å². The summed E-state index contributed by atoms with van der Waals surface area (Å²) in [5.41, 5.74) is 0. The lowest BCUT2D eigenvalue weighted by molar-refractivity contribution is -0.140. The number of nitrogens with one attached hydrogen (secondary N) is 1. The van der Waals surface area contributed by atoms with Gasteiger partial charge in [0.1, 0.15) is 0 Å². The lowest BCUT2D eigenvalue weighted by Gasteiger charge is -2.39. The van der Waals surface area contributed by atoms with Crippen LogP contribution in [-0.4, -0.2) is 42.8 Å². The molecule has 0 aliphatic carbocycles. The van der Waals surface area contributed by atoms with Crippen LogP contribution in [0.15, 0.2) is 0 Å². The molecule has 0 bridgehead atoms. The van der Waals surface area contributed by atoms with Gasteiger partial charge in [0.05, 0.1) is 6.42 Å². The van der Waals surface area contributed by atoms with E-state index in [1.807, 2.05) is 18.7 Å². The van der Waals surface area contributed by atoms with Gasteiger partial charge in [-0.15, -0.1) is 12.4 Å². The minimum Gasteiger partial charge on any atom is -0.314 e. The van der Waals surface area contributed by atoms with Gasteiger partial charge < -0.3 is 5.32 Å². The highest BCUT2D eigenvalue weighted by Gasteiger charge is 2.31. The fourth-order valence-electron chi connectivity index (χ4n) is 1.87. The summed E-state index contributed by atoms with van der Waals surface area (Å²) in [6, 6.07) is 0.391. The van der Waals surface area contributed by atoms with E-state index in [9.17, 15) is 13.2 Å². The van der Waals surface area contributed by atoms with Gasteiger partial charge in [-0.05, 0) is 13.8 Å². The predicted molar refractivity (Wildman–Crippen MR) is 56.4 cm³/mol. The monoisotopic (exact) mass is 246 g/mol. The molecule has 0 radical (unpaired) electrons. The fourth-order valence-corrected chi connectivity index (χ4v) is 1.87. The first kappa shape index (κ1) is 15.0. The van der Waals surface area contributed by atoms with E-state index in [1.165, 1.54) is 0 Å². The first-order chi connectivity index (χ1) is 6.40. The van der Waals surface area contributed by atoms with Crippen LogP contribution in [-0.2, 0) is 0 Å². The third-order valence-electron chi connectivity index (χ3n) is 2.67. The highest BCUT2D eigenvalue weighted by atomic mass is 35.5. The van der Waals surface area contributed by atoms with Gasteiger partial charge in [-0.25, -0.2) is 0 Å². The highest BCUT2D eigenvalue weighted by Crippen LogP contribution is 2.21. The van der Waals surface area contributed by atoms with E-state index in [-0.39, 0.29) is 31.0 Å². The van der Waals surface area contributed by atoms with Gasteiger partial charge in [-0.1, -0.05) is 0 Å². The van der Waals surface area contributed by atoms with Crippen LogP contribution in [0.5, 0.6) is 0 Å². The van der Waals surface area contributed by atoms with Crippen molar-refractivity contribution in [3.05, 3.63) is 0 Å². The first-order valence-electron chi connectivity index (χ1n) is 4.93. The largest absolute Gasteiger partial charge is 0.390 e. The lowest BCUT2D eigenvalue weighted by atomic mass is 10.1. The lowest BCUT2D eigenvalue weighted by Crippen LogP contribution is -2.55. The van der Waals surface area contributed by atoms with Crippen LogP contribution in [0.1, 0.15) is 20.3 Å². The second-order valence-electron chi connectivity index (χ2n) is 3.96. The highest BCUT2D eigenvalue weighted by molar-refractivity contribution is 5.85. The van der Waals surface area contributed by atoms with E-state index in [4.69, 9.17) is 0 Å². The minimum absolute atomic E-state index is 0.